The Hall–Kier alpha value is -3.19. The van der Waals surface area contributed by atoms with Gasteiger partial charge in [0.15, 0.2) is 0 Å². The smallest absolute Gasteiger partial charge is 0.269 e. The summed E-state index contributed by atoms with van der Waals surface area (Å²) in [6.07, 6.45) is 0. The van der Waals surface area contributed by atoms with Crippen molar-refractivity contribution in [3.8, 4) is 0 Å². The molecule has 0 fully saturated rings. The molecule has 7 heteroatoms. The van der Waals surface area contributed by atoms with Crippen molar-refractivity contribution in [3.63, 3.8) is 0 Å². The van der Waals surface area contributed by atoms with Gasteiger partial charge in [-0.1, -0.05) is 48.5 Å². The number of hydrogen-bond acceptors (Lipinski definition) is 4. The first kappa shape index (κ1) is 16.3. The molecule has 0 aromatic heterocycles. The zero-order chi connectivity index (χ0) is 18.3. The largest absolute Gasteiger partial charge is 0.325 e. The van der Waals surface area contributed by atoms with Gasteiger partial charge in [0.2, 0.25) is 5.91 Å². The second kappa shape index (κ2) is 5.96. The molecule has 1 aliphatic heterocycles. The molecule has 0 bridgehead atoms. The van der Waals surface area contributed by atoms with Crippen molar-refractivity contribution < 1.29 is 18.0 Å². The molecule has 3 aromatic carbocycles. The zero-order valence-corrected chi connectivity index (χ0v) is 14.4. The molecule has 3 aromatic rings. The Morgan fingerprint density at radius 1 is 0.923 bits per heavy atom. The van der Waals surface area contributed by atoms with E-state index in [1.54, 1.807) is 60.7 Å². The molecule has 4 rings (SSSR count). The molecule has 6 nitrogen and oxygen atoms in total. The number of sulfonamides is 1. The van der Waals surface area contributed by atoms with Crippen LogP contribution in [0.5, 0.6) is 0 Å². The molecule has 0 aliphatic carbocycles. The molecule has 130 valence electrons. The van der Waals surface area contributed by atoms with Crippen molar-refractivity contribution in [1.82, 2.24) is 4.31 Å². The second-order valence-electron chi connectivity index (χ2n) is 5.89. The van der Waals surface area contributed by atoms with Crippen LogP contribution < -0.4 is 5.32 Å². The molecule has 0 unspecified atom stereocenters. The van der Waals surface area contributed by atoms with E-state index in [9.17, 15) is 18.0 Å². The number of amides is 2. The number of carbonyl (C=O) groups is 2. The maximum absolute atomic E-state index is 12.9. The van der Waals surface area contributed by atoms with E-state index in [1.807, 2.05) is 0 Å². The summed E-state index contributed by atoms with van der Waals surface area (Å²) in [6, 6.07) is 18.8. The summed E-state index contributed by atoms with van der Waals surface area (Å²) < 4.78 is 26.5. The molecule has 2 amide bonds. The Labute approximate surface area is 150 Å². The van der Waals surface area contributed by atoms with E-state index >= 15 is 0 Å². The third-order valence-corrected chi connectivity index (χ3v) is 6.06. The molecule has 1 aliphatic rings. The average molecular weight is 366 g/mol. The number of benzene rings is 3. The van der Waals surface area contributed by atoms with E-state index in [4.69, 9.17) is 0 Å². The third kappa shape index (κ3) is 2.53. The van der Waals surface area contributed by atoms with Gasteiger partial charge < -0.3 is 5.32 Å². The molecule has 1 heterocycles. The van der Waals surface area contributed by atoms with Crippen LogP contribution in [-0.4, -0.2) is 31.1 Å². The van der Waals surface area contributed by atoms with Crippen molar-refractivity contribution in [1.29, 1.82) is 0 Å². The van der Waals surface area contributed by atoms with Crippen LogP contribution in [0.1, 0.15) is 10.4 Å². The van der Waals surface area contributed by atoms with E-state index in [0.717, 1.165) is 5.39 Å². The molecular formula is C19H14N2O4S. The van der Waals surface area contributed by atoms with Gasteiger partial charge in [0.25, 0.3) is 15.9 Å². The third-order valence-electron chi connectivity index (χ3n) is 4.23. The summed E-state index contributed by atoms with van der Waals surface area (Å²) in [7, 11) is -4.09. The van der Waals surface area contributed by atoms with Gasteiger partial charge in [-0.3, -0.25) is 9.59 Å². The Morgan fingerprint density at radius 2 is 1.62 bits per heavy atom. The lowest BCUT2D eigenvalue weighted by Crippen LogP contribution is -2.37. The molecule has 0 radical (unpaired) electrons. The van der Waals surface area contributed by atoms with Crippen molar-refractivity contribution in [3.05, 3.63) is 72.3 Å². The summed E-state index contributed by atoms with van der Waals surface area (Å²) in [5, 5.41) is 3.79. The van der Waals surface area contributed by atoms with Crippen molar-refractivity contribution in [2.24, 2.45) is 0 Å². The number of carbonyl (C=O) groups excluding carboxylic acids is 2. The van der Waals surface area contributed by atoms with Crippen LogP contribution in [0.3, 0.4) is 0 Å². The predicted octanol–water partition coefficient (Wildman–Crippen LogP) is 2.62. The SMILES string of the molecule is O=C(CN1C(=O)c2ccc3ccccc3c2S1(=O)=O)Nc1ccccc1. The number of nitrogens with zero attached hydrogens (tertiary/aromatic N) is 1. The van der Waals surface area contributed by atoms with Crippen molar-refractivity contribution in [2.75, 3.05) is 11.9 Å². The normalized spacial score (nSPS) is 15.1. The predicted molar refractivity (Wildman–Crippen MR) is 97.2 cm³/mol. The first-order valence-electron chi connectivity index (χ1n) is 7.92. The molecule has 1 N–H and O–H groups in total. The van der Waals surface area contributed by atoms with Crippen molar-refractivity contribution in [2.45, 2.75) is 4.90 Å². The zero-order valence-electron chi connectivity index (χ0n) is 13.5. The van der Waals surface area contributed by atoms with Crippen LogP contribution in [0.15, 0.2) is 71.6 Å². The number of nitrogens with one attached hydrogen (secondary N) is 1. The standard InChI is InChI=1S/C19H14N2O4S/c22-17(20-14-7-2-1-3-8-14)12-21-19(23)16-11-10-13-6-4-5-9-15(13)18(16)26(21,24)25/h1-11H,12H2,(H,20,22). The van der Waals surface area contributed by atoms with Crippen LogP contribution in [0, 0.1) is 0 Å². The highest BCUT2D eigenvalue weighted by molar-refractivity contribution is 7.90. The Bertz CT molecular complexity index is 1140. The average Bonchev–Trinajstić information content (AvgIpc) is 2.83. The molecule has 0 saturated heterocycles. The number of anilines is 1. The minimum atomic E-state index is -4.09. The van der Waals surface area contributed by atoms with Crippen LogP contribution in [0.2, 0.25) is 0 Å². The first-order chi connectivity index (χ1) is 12.5. The minimum Gasteiger partial charge on any atom is -0.325 e. The van der Waals surface area contributed by atoms with Crippen LogP contribution in [-0.2, 0) is 14.8 Å². The van der Waals surface area contributed by atoms with Gasteiger partial charge in [-0.05, 0) is 23.6 Å². The lowest BCUT2D eigenvalue weighted by atomic mass is 10.1. The lowest BCUT2D eigenvalue weighted by molar-refractivity contribution is -0.116. The van der Waals surface area contributed by atoms with Crippen LogP contribution in [0.4, 0.5) is 5.69 Å². The summed E-state index contributed by atoms with van der Waals surface area (Å²) in [5.41, 5.74) is 0.626. The highest BCUT2D eigenvalue weighted by atomic mass is 32.2. The van der Waals surface area contributed by atoms with Crippen LogP contribution >= 0.6 is 0 Å². The highest BCUT2D eigenvalue weighted by Gasteiger charge is 2.43. The first-order valence-corrected chi connectivity index (χ1v) is 9.36. The monoisotopic (exact) mass is 366 g/mol. The number of para-hydroxylation sites is 1. The summed E-state index contributed by atoms with van der Waals surface area (Å²) in [4.78, 5) is 24.8. The second-order valence-corrected chi connectivity index (χ2v) is 7.69. The fourth-order valence-corrected chi connectivity index (χ4v) is 4.77. The van der Waals surface area contributed by atoms with Gasteiger partial charge in [0.1, 0.15) is 11.4 Å². The summed E-state index contributed by atoms with van der Waals surface area (Å²) >= 11 is 0. The fourth-order valence-electron chi connectivity index (χ4n) is 3.05. The van der Waals surface area contributed by atoms with Crippen LogP contribution in [0.25, 0.3) is 10.8 Å². The Morgan fingerprint density at radius 3 is 2.38 bits per heavy atom. The number of hydrogen-bond donors (Lipinski definition) is 1. The maximum atomic E-state index is 12.9. The van der Waals surface area contributed by atoms with Crippen molar-refractivity contribution >= 4 is 38.3 Å². The highest BCUT2D eigenvalue weighted by Crippen LogP contribution is 2.35. The molecule has 0 saturated carbocycles. The topological polar surface area (TPSA) is 83.6 Å². The van der Waals surface area contributed by atoms with Gasteiger partial charge in [0, 0.05) is 11.1 Å². The summed E-state index contributed by atoms with van der Waals surface area (Å²) in [5.74, 6) is -1.26. The maximum Gasteiger partial charge on any atom is 0.269 e. The molecule has 0 spiro atoms. The van der Waals surface area contributed by atoms with Gasteiger partial charge in [-0.15, -0.1) is 0 Å². The molecule has 0 atom stereocenters. The van der Waals surface area contributed by atoms with E-state index in [0.29, 0.717) is 15.4 Å². The Balaban J connectivity index is 1.69. The van der Waals surface area contributed by atoms with Gasteiger partial charge >= 0.3 is 0 Å². The Kier molecular flexibility index (Phi) is 3.73. The lowest BCUT2D eigenvalue weighted by Gasteiger charge is -2.15. The van der Waals surface area contributed by atoms with E-state index < -0.39 is 28.4 Å². The van der Waals surface area contributed by atoms with Gasteiger partial charge in [-0.25, -0.2) is 12.7 Å². The quantitative estimate of drug-likeness (QED) is 0.772. The number of rotatable bonds is 3. The van der Waals surface area contributed by atoms with Gasteiger partial charge in [-0.2, -0.15) is 0 Å². The minimum absolute atomic E-state index is 0.0342. The number of fused-ring (bicyclic) bond motifs is 3. The summed E-state index contributed by atoms with van der Waals surface area (Å²) in [6.45, 7) is -0.570. The van der Waals surface area contributed by atoms with E-state index in [1.165, 1.54) is 6.07 Å². The van der Waals surface area contributed by atoms with E-state index in [2.05, 4.69) is 5.32 Å². The van der Waals surface area contributed by atoms with E-state index in [-0.39, 0.29) is 10.5 Å². The molecular weight excluding hydrogens is 352 g/mol. The van der Waals surface area contributed by atoms with Gasteiger partial charge in [0.05, 0.1) is 5.56 Å². The molecule has 26 heavy (non-hydrogen) atoms. The fraction of sp³-hybridized carbons (Fsp3) is 0.0526.